The van der Waals surface area contributed by atoms with Gasteiger partial charge in [-0.05, 0) is 83.6 Å². The molecule has 2 amide bonds. The highest BCUT2D eigenvalue weighted by Gasteiger charge is 2.35. The molecule has 2 fully saturated rings. The number of hydrogen-bond donors (Lipinski definition) is 3. The average molecular weight is 714 g/mol. The van der Waals surface area contributed by atoms with Gasteiger partial charge in [-0.3, -0.25) is 4.90 Å². The fourth-order valence-corrected chi connectivity index (χ4v) is 7.17. The molecule has 9 nitrogen and oxygen atoms in total. The minimum Gasteiger partial charge on any atom is -0.457 e. The van der Waals surface area contributed by atoms with E-state index in [1.54, 1.807) is 7.11 Å². The lowest BCUT2D eigenvalue weighted by atomic mass is 9.97. The summed E-state index contributed by atoms with van der Waals surface area (Å²) in [5.41, 5.74) is 6.62. The Balaban J connectivity index is 1.00. The third kappa shape index (κ3) is 9.50. The number of urea groups is 1. The summed E-state index contributed by atoms with van der Waals surface area (Å²) in [6.07, 6.45) is 2.34. The van der Waals surface area contributed by atoms with Crippen LogP contribution in [0.4, 0.5) is 10.5 Å². The molecule has 9 heteroatoms. The molecule has 4 atom stereocenters. The van der Waals surface area contributed by atoms with Crippen molar-refractivity contribution in [3.8, 4) is 22.6 Å². The van der Waals surface area contributed by atoms with Crippen molar-refractivity contribution in [1.29, 1.82) is 0 Å². The lowest BCUT2D eigenvalue weighted by Crippen LogP contribution is -2.42. The second kappa shape index (κ2) is 17.7. The van der Waals surface area contributed by atoms with E-state index in [2.05, 4.69) is 45.9 Å². The lowest BCUT2D eigenvalue weighted by molar-refractivity contribution is -0.253. The van der Waals surface area contributed by atoms with Gasteiger partial charge >= 0.3 is 6.03 Å². The Hall–Kier alpha value is -5.03. The summed E-state index contributed by atoms with van der Waals surface area (Å²) in [5, 5.41) is 15.5. The molecule has 0 spiro atoms. The van der Waals surface area contributed by atoms with Gasteiger partial charge in [0.1, 0.15) is 11.5 Å². The fourth-order valence-electron chi connectivity index (χ4n) is 7.17. The van der Waals surface area contributed by atoms with Gasteiger partial charge in [0.15, 0.2) is 6.29 Å². The fraction of sp³-hybridized carbons (Fsp3) is 0.295. The zero-order valence-electron chi connectivity index (χ0n) is 30.0. The minimum absolute atomic E-state index is 0.00916. The molecule has 0 aliphatic carbocycles. The van der Waals surface area contributed by atoms with E-state index < -0.39 is 6.29 Å². The van der Waals surface area contributed by atoms with E-state index in [0.29, 0.717) is 24.0 Å². The van der Waals surface area contributed by atoms with Gasteiger partial charge in [0.25, 0.3) is 0 Å². The molecule has 4 unspecified atom stereocenters. The topological polar surface area (TPSA) is 102 Å². The molecule has 2 aliphatic heterocycles. The van der Waals surface area contributed by atoms with E-state index >= 15 is 0 Å². The summed E-state index contributed by atoms with van der Waals surface area (Å²) < 4.78 is 24.7. The van der Waals surface area contributed by atoms with Gasteiger partial charge in [-0.2, -0.15) is 0 Å². The molecule has 0 bridgehead atoms. The number of ether oxygens (including phenoxy) is 4. The van der Waals surface area contributed by atoms with Crippen molar-refractivity contribution in [2.24, 2.45) is 0 Å². The van der Waals surface area contributed by atoms with Crippen molar-refractivity contribution >= 4 is 11.7 Å². The summed E-state index contributed by atoms with van der Waals surface area (Å²) in [4.78, 5) is 15.4. The molecule has 5 aromatic carbocycles. The first-order valence-electron chi connectivity index (χ1n) is 18.3. The van der Waals surface area contributed by atoms with E-state index in [1.165, 1.54) is 0 Å². The van der Waals surface area contributed by atoms with Crippen LogP contribution in [-0.4, -0.2) is 55.0 Å². The SMILES string of the molecule is COCC1CCCN1CC1CC(c2ccc(CO)cc2)OC(c2ccc(-c3ccccc3CNC(=O)Nc3ccc(Oc4ccccc4)cc3)cc2)O1. The number of carbonyl (C=O) groups excluding carboxylic acids is 1. The summed E-state index contributed by atoms with van der Waals surface area (Å²) in [6, 6.07) is 41.4. The Kier molecular flexibility index (Phi) is 12.1. The Morgan fingerprint density at radius 1 is 0.830 bits per heavy atom. The van der Waals surface area contributed by atoms with Crippen molar-refractivity contribution in [3.05, 3.63) is 150 Å². The van der Waals surface area contributed by atoms with Crippen molar-refractivity contribution < 1.29 is 28.8 Å². The highest BCUT2D eigenvalue weighted by Crippen LogP contribution is 2.39. The molecule has 274 valence electrons. The standard InChI is InChI=1S/C44H47N3O6/c1-50-30-37-9-7-25-47(37)28-40-26-42(33-15-13-31(29-48)14-16-33)53-43(52-40)34-19-17-32(18-20-34)41-12-6-5-8-35(41)27-45-44(49)46-36-21-23-39(24-22-36)51-38-10-3-2-4-11-38/h2-6,8,10-24,37,40,42-43,48H,7,9,25-30H2,1H3,(H2,45,46,49). The van der Waals surface area contributed by atoms with Gasteiger partial charge < -0.3 is 34.7 Å². The van der Waals surface area contributed by atoms with Crippen LogP contribution in [0.2, 0.25) is 0 Å². The molecule has 3 N–H and O–H groups in total. The van der Waals surface area contributed by atoms with Crippen molar-refractivity contribution in [2.75, 3.05) is 32.1 Å². The number of anilines is 1. The monoisotopic (exact) mass is 713 g/mol. The van der Waals surface area contributed by atoms with E-state index in [0.717, 1.165) is 78.1 Å². The molecule has 0 aromatic heterocycles. The number of para-hydroxylation sites is 1. The Labute approximate surface area is 311 Å². The third-order valence-electron chi connectivity index (χ3n) is 9.95. The number of hydrogen-bond acceptors (Lipinski definition) is 7. The summed E-state index contributed by atoms with van der Waals surface area (Å²) in [5.74, 6) is 1.44. The largest absolute Gasteiger partial charge is 0.457 e. The van der Waals surface area contributed by atoms with Gasteiger partial charge in [0.2, 0.25) is 0 Å². The third-order valence-corrected chi connectivity index (χ3v) is 9.95. The maximum atomic E-state index is 12.9. The first kappa shape index (κ1) is 36.3. The van der Waals surface area contributed by atoms with Crippen LogP contribution in [0.3, 0.4) is 0 Å². The number of nitrogens with one attached hydrogen (secondary N) is 2. The summed E-state index contributed by atoms with van der Waals surface area (Å²) in [6.45, 7) is 2.94. The van der Waals surface area contributed by atoms with E-state index in [9.17, 15) is 9.90 Å². The van der Waals surface area contributed by atoms with Crippen molar-refractivity contribution in [1.82, 2.24) is 10.2 Å². The second-order valence-corrected chi connectivity index (χ2v) is 13.6. The van der Waals surface area contributed by atoms with Crippen LogP contribution in [0.25, 0.3) is 11.1 Å². The molecule has 5 aromatic rings. The van der Waals surface area contributed by atoms with E-state index in [4.69, 9.17) is 18.9 Å². The molecule has 0 saturated carbocycles. The van der Waals surface area contributed by atoms with Gasteiger partial charge in [-0.25, -0.2) is 4.79 Å². The van der Waals surface area contributed by atoms with Gasteiger partial charge in [-0.15, -0.1) is 0 Å². The predicted octanol–water partition coefficient (Wildman–Crippen LogP) is 8.62. The first-order chi connectivity index (χ1) is 26.0. The maximum absolute atomic E-state index is 12.9. The highest BCUT2D eigenvalue weighted by atomic mass is 16.7. The smallest absolute Gasteiger partial charge is 0.319 e. The van der Waals surface area contributed by atoms with Crippen molar-refractivity contribution in [2.45, 2.75) is 57.0 Å². The van der Waals surface area contributed by atoms with Gasteiger partial charge in [0.05, 0.1) is 25.4 Å². The van der Waals surface area contributed by atoms with Crippen LogP contribution in [0, 0.1) is 0 Å². The number of amides is 2. The zero-order chi connectivity index (χ0) is 36.4. The number of methoxy groups -OCH3 is 1. The zero-order valence-corrected chi connectivity index (χ0v) is 30.0. The lowest BCUT2D eigenvalue weighted by Gasteiger charge is -2.38. The number of aliphatic hydroxyl groups is 1. The maximum Gasteiger partial charge on any atom is 0.319 e. The van der Waals surface area contributed by atoms with Gasteiger partial charge in [-0.1, -0.05) is 91.0 Å². The van der Waals surface area contributed by atoms with Crippen LogP contribution < -0.4 is 15.4 Å². The molecular formula is C44H47N3O6. The number of rotatable bonds is 13. The minimum atomic E-state index is -0.534. The van der Waals surface area contributed by atoms with E-state index in [-0.39, 0.29) is 24.8 Å². The van der Waals surface area contributed by atoms with E-state index in [1.807, 2.05) is 97.1 Å². The molecule has 2 saturated heterocycles. The molecular weight excluding hydrogens is 666 g/mol. The average Bonchev–Trinajstić information content (AvgIpc) is 3.64. The molecule has 2 heterocycles. The number of benzene rings is 5. The number of nitrogens with zero attached hydrogens (tertiary/aromatic N) is 1. The second-order valence-electron chi connectivity index (χ2n) is 13.6. The Bertz CT molecular complexity index is 1900. The van der Waals surface area contributed by atoms with Crippen LogP contribution >= 0.6 is 0 Å². The van der Waals surface area contributed by atoms with Crippen LogP contribution in [0.1, 0.15) is 53.9 Å². The predicted molar refractivity (Wildman–Crippen MR) is 206 cm³/mol. The summed E-state index contributed by atoms with van der Waals surface area (Å²) in [7, 11) is 1.77. The first-order valence-corrected chi connectivity index (χ1v) is 18.3. The Morgan fingerprint density at radius 3 is 2.30 bits per heavy atom. The Morgan fingerprint density at radius 2 is 1.55 bits per heavy atom. The quantitative estimate of drug-likeness (QED) is 0.112. The van der Waals surface area contributed by atoms with Crippen LogP contribution in [0.15, 0.2) is 127 Å². The highest BCUT2D eigenvalue weighted by molar-refractivity contribution is 5.89. The number of likely N-dealkylation sites (tertiary alicyclic amines) is 1. The summed E-state index contributed by atoms with van der Waals surface area (Å²) >= 11 is 0. The van der Waals surface area contributed by atoms with Crippen LogP contribution in [0.5, 0.6) is 11.5 Å². The molecule has 2 aliphatic rings. The number of aliphatic hydroxyl groups excluding tert-OH is 1. The van der Waals surface area contributed by atoms with Gasteiger partial charge in [0, 0.05) is 43.9 Å². The molecule has 53 heavy (non-hydrogen) atoms. The van der Waals surface area contributed by atoms with Crippen LogP contribution in [-0.2, 0) is 27.4 Å². The molecule has 0 radical (unpaired) electrons. The number of carbonyl (C=O) groups is 1. The normalized spacial score (nSPS) is 20.2. The van der Waals surface area contributed by atoms with Crippen molar-refractivity contribution in [3.63, 3.8) is 0 Å². The molecule has 7 rings (SSSR count).